The lowest BCUT2D eigenvalue weighted by atomic mass is 9.82. The number of amides is 1. The predicted molar refractivity (Wildman–Crippen MR) is 77.4 cm³/mol. The lowest BCUT2D eigenvalue weighted by Gasteiger charge is -2.23. The number of hydrogen-bond donors (Lipinski definition) is 3. The molecule has 0 unspecified atom stereocenters. The number of aromatic carboxylic acids is 1. The fraction of sp³-hybridized carbons (Fsp3) is 0.312. The number of benzene rings is 1. The number of fused-ring (bicyclic) bond motifs is 2. The van der Waals surface area contributed by atoms with Crippen LogP contribution in [0.5, 0.6) is 0 Å². The molecule has 3 N–H and O–H groups in total. The lowest BCUT2D eigenvalue weighted by Crippen LogP contribution is -2.36. The van der Waals surface area contributed by atoms with Gasteiger partial charge in [0.2, 0.25) is 5.91 Å². The van der Waals surface area contributed by atoms with Crippen molar-refractivity contribution in [2.45, 2.75) is 6.42 Å². The van der Waals surface area contributed by atoms with Crippen LogP contribution in [-0.2, 0) is 9.59 Å². The normalized spacial score (nSPS) is 28.5. The maximum Gasteiger partial charge on any atom is 0.335 e. The Morgan fingerprint density at radius 2 is 1.73 bits per heavy atom. The summed E-state index contributed by atoms with van der Waals surface area (Å²) in [5.74, 6) is -3.89. The van der Waals surface area contributed by atoms with Gasteiger partial charge in [0.15, 0.2) is 0 Å². The molecule has 1 saturated carbocycles. The van der Waals surface area contributed by atoms with Crippen LogP contribution in [0.15, 0.2) is 36.4 Å². The van der Waals surface area contributed by atoms with Crippen molar-refractivity contribution in [1.29, 1.82) is 0 Å². The van der Waals surface area contributed by atoms with Crippen molar-refractivity contribution in [2.24, 2.45) is 23.7 Å². The molecule has 2 aliphatic carbocycles. The Kier molecular flexibility index (Phi) is 3.44. The third kappa shape index (κ3) is 2.36. The number of carboxylic acids is 2. The van der Waals surface area contributed by atoms with Gasteiger partial charge in [-0.25, -0.2) is 4.79 Å². The highest BCUT2D eigenvalue weighted by atomic mass is 16.4. The van der Waals surface area contributed by atoms with Gasteiger partial charge in [0.25, 0.3) is 0 Å². The van der Waals surface area contributed by atoms with Crippen LogP contribution < -0.4 is 5.32 Å². The zero-order chi connectivity index (χ0) is 15.9. The molecule has 22 heavy (non-hydrogen) atoms. The highest BCUT2D eigenvalue weighted by Gasteiger charge is 2.51. The quantitative estimate of drug-likeness (QED) is 0.736. The van der Waals surface area contributed by atoms with Crippen molar-refractivity contribution >= 4 is 23.5 Å². The van der Waals surface area contributed by atoms with Crippen LogP contribution in [0.4, 0.5) is 5.69 Å². The minimum atomic E-state index is -1.08. The number of allylic oxidation sites excluding steroid dienone is 2. The van der Waals surface area contributed by atoms with Crippen LogP contribution in [0.3, 0.4) is 0 Å². The Balaban J connectivity index is 1.80. The van der Waals surface area contributed by atoms with Crippen LogP contribution >= 0.6 is 0 Å². The van der Waals surface area contributed by atoms with Crippen LogP contribution in [0, 0.1) is 23.7 Å². The van der Waals surface area contributed by atoms with Crippen molar-refractivity contribution in [3.63, 3.8) is 0 Å². The van der Waals surface area contributed by atoms with Gasteiger partial charge in [-0.2, -0.15) is 0 Å². The molecule has 0 heterocycles. The number of anilines is 1. The zero-order valence-electron chi connectivity index (χ0n) is 11.6. The van der Waals surface area contributed by atoms with Crippen molar-refractivity contribution in [3.8, 4) is 0 Å². The summed E-state index contributed by atoms with van der Waals surface area (Å²) in [7, 11) is 0. The highest BCUT2D eigenvalue weighted by molar-refractivity contribution is 5.97. The van der Waals surface area contributed by atoms with E-state index in [2.05, 4.69) is 5.32 Å². The number of carboxylic acid groups (broad SMARTS) is 2. The molecule has 1 fully saturated rings. The van der Waals surface area contributed by atoms with Gasteiger partial charge < -0.3 is 15.5 Å². The van der Waals surface area contributed by atoms with Gasteiger partial charge in [0.1, 0.15) is 0 Å². The van der Waals surface area contributed by atoms with E-state index in [1.54, 1.807) is 6.07 Å². The van der Waals surface area contributed by atoms with E-state index in [1.807, 2.05) is 12.2 Å². The molecule has 3 rings (SSSR count). The number of nitrogens with one attached hydrogen (secondary N) is 1. The summed E-state index contributed by atoms with van der Waals surface area (Å²) in [6.07, 6.45) is 4.46. The number of carbonyl (C=O) groups excluding carboxylic acids is 1. The van der Waals surface area contributed by atoms with Crippen LogP contribution in [0.1, 0.15) is 16.8 Å². The fourth-order valence-corrected chi connectivity index (χ4v) is 3.47. The summed E-state index contributed by atoms with van der Waals surface area (Å²) >= 11 is 0. The highest BCUT2D eigenvalue weighted by Crippen LogP contribution is 2.48. The van der Waals surface area contributed by atoms with E-state index in [-0.39, 0.29) is 23.3 Å². The summed E-state index contributed by atoms with van der Waals surface area (Å²) in [5, 5.41) is 21.0. The van der Waals surface area contributed by atoms with E-state index >= 15 is 0 Å². The Bertz CT molecular complexity index is 681. The maximum atomic E-state index is 12.4. The minimum Gasteiger partial charge on any atom is -0.481 e. The second kappa shape index (κ2) is 5.29. The molecule has 114 valence electrons. The summed E-state index contributed by atoms with van der Waals surface area (Å²) in [4.78, 5) is 34.8. The van der Waals surface area contributed by atoms with Gasteiger partial charge in [0, 0.05) is 5.69 Å². The smallest absolute Gasteiger partial charge is 0.335 e. The van der Waals surface area contributed by atoms with E-state index in [1.165, 1.54) is 18.2 Å². The number of hydrogen-bond acceptors (Lipinski definition) is 3. The molecule has 2 bridgehead atoms. The summed E-state index contributed by atoms with van der Waals surface area (Å²) in [6, 6.07) is 5.91. The lowest BCUT2D eigenvalue weighted by molar-refractivity contribution is -0.146. The van der Waals surface area contributed by atoms with Crippen molar-refractivity contribution in [1.82, 2.24) is 0 Å². The molecular formula is C16H15NO5. The van der Waals surface area contributed by atoms with Crippen molar-refractivity contribution in [3.05, 3.63) is 42.0 Å². The average molecular weight is 301 g/mol. The molecule has 2 aliphatic rings. The minimum absolute atomic E-state index is 0.0613. The van der Waals surface area contributed by atoms with Gasteiger partial charge in [-0.15, -0.1) is 0 Å². The van der Waals surface area contributed by atoms with Gasteiger partial charge in [-0.1, -0.05) is 18.2 Å². The molecule has 0 aromatic heterocycles. The van der Waals surface area contributed by atoms with Gasteiger partial charge in [0.05, 0.1) is 17.4 Å². The topological polar surface area (TPSA) is 104 Å². The number of aliphatic carboxylic acids is 1. The van der Waals surface area contributed by atoms with E-state index in [9.17, 15) is 19.5 Å². The summed E-state index contributed by atoms with van der Waals surface area (Å²) in [6.45, 7) is 0. The first-order chi connectivity index (χ1) is 10.5. The molecule has 1 amide bonds. The Morgan fingerprint density at radius 3 is 2.36 bits per heavy atom. The molecule has 1 aromatic carbocycles. The van der Waals surface area contributed by atoms with E-state index < -0.39 is 23.8 Å². The van der Waals surface area contributed by atoms with Crippen LogP contribution in [0.2, 0.25) is 0 Å². The second-order valence-electron chi connectivity index (χ2n) is 5.71. The molecule has 0 radical (unpaired) electrons. The van der Waals surface area contributed by atoms with Gasteiger partial charge in [-0.3, -0.25) is 9.59 Å². The molecule has 1 aromatic rings. The molecule has 6 nitrogen and oxygen atoms in total. The first-order valence-corrected chi connectivity index (χ1v) is 7.02. The van der Waals surface area contributed by atoms with Crippen molar-refractivity contribution < 1.29 is 24.6 Å². The monoisotopic (exact) mass is 301 g/mol. The van der Waals surface area contributed by atoms with E-state index in [4.69, 9.17) is 5.11 Å². The molecule has 0 spiro atoms. The maximum absolute atomic E-state index is 12.4. The molecular weight excluding hydrogens is 286 g/mol. The van der Waals surface area contributed by atoms with Crippen LogP contribution in [0.25, 0.3) is 0 Å². The summed E-state index contributed by atoms with van der Waals surface area (Å²) in [5.41, 5.74) is 0.432. The van der Waals surface area contributed by atoms with Crippen LogP contribution in [-0.4, -0.2) is 28.1 Å². The fourth-order valence-electron chi connectivity index (χ4n) is 3.47. The van der Waals surface area contributed by atoms with Gasteiger partial charge in [-0.05, 0) is 36.5 Å². The Hall–Kier alpha value is -2.63. The van der Waals surface area contributed by atoms with E-state index in [0.29, 0.717) is 12.1 Å². The molecule has 0 aliphatic heterocycles. The zero-order valence-corrected chi connectivity index (χ0v) is 11.6. The largest absolute Gasteiger partial charge is 0.481 e. The standard InChI is InChI=1S/C16H15NO5/c18-14(17-11-3-1-2-10(7-11)15(19)20)12-8-4-5-9(6-8)13(12)16(21)22/h1-5,7-9,12-13H,6H2,(H,17,18)(H,19,20)(H,21,22)/t8-,9-,12-,13+/m1/s1. The predicted octanol–water partition coefficient (Wildman–Crippen LogP) is 1.85. The number of rotatable bonds is 4. The SMILES string of the molecule is O=C(O)c1cccc(NC(=O)[C@H]2[C@@H](C(=O)O)[C@@H]3C=C[C@@H]2C3)c1. The average Bonchev–Trinajstić information content (AvgIpc) is 3.07. The van der Waals surface area contributed by atoms with Crippen molar-refractivity contribution in [2.75, 3.05) is 5.32 Å². The first kappa shape index (κ1) is 14.3. The molecule has 4 atom stereocenters. The third-order valence-electron chi connectivity index (χ3n) is 4.42. The number of carbonyl (C=O) groups is 3. The van der Waals surface area contributed by atoms with Gasteiger partial charge >= 0.3 is 11.9 Å². The second-order valence-corrected chi connectivity index (χ2v) is 5.71. The summed E-state index contributed by atoms with van der Waals surface area (Å²) < 4.78 is 0. The Morgan fingerprint density at radius 1 is 1.05 bits per heavy atom. The molecule has 0 saturated heterocycles. The molecule has 6 heteroatoms. The first-order valence-electron chi connectivity index (χ1n) is 7.02. The Labute approximate surface area is 126 Å². The van der Waals surface area contributed by atoms with E-state index in [0.717, 1.165) is 0 Å². The third-order valence-corrected chi connectivity index (χ3v) is 4.42.